The second-order valence-corrected chi connectivity index (χ2v) is 7.64. The van der Waals surface area contributed by atoms with E-state index in [0.29, 0.717) is 16.5 Å². The molecule has 0 aromatic heterocycles. The molecule has 0 spiro atoms. The number of carbonyl (C=O) groups excluding carboxylic acids is 2. The van der Waals surface area contributed by atoms with Gasteiger partial charge in [0.1, 0.15) is 17.2 Å². The van der Waals surface area contributed by atoms with Crippen LogP contribution in [-0.2, 0) is 4.79 Å². The molecule has 0 saturated carbocycles. The van der Waals surface area contributed by atoms with Crippen molar-refractivity contribution in [1.29, 1.82) is 0 Å². The van der Waals surface area contributed by atoms with Crippen molar-refractivity contribution in [3.63, 3.8) is 0 Å². The molecule has 0 aliphatic carbocycles. The Hall–Kier alpha value is -1.76. The zero-order chi connectivity index (χ0) is 17.7. The van der Waals surface area contributed by atoms with E-state index in [4.69, 9.17) is 23.2 Å². The van der Waals surface area contributed by atoms with Crippen LogP contribution in [-0.4, -0.2) is 28.6 Å². The molecule has 2 fully saturated rings. The first kappa shape index (κ1) is 16.7. The van der Waals surface area contributed by atoms with Crippen LogP contribution >= 0.6 is 35.0 Å². The summed E-state index contributed by atoms with van der Waals surface area (Å²) in [5.74, 6) is -0.144. The van der Waals surface area contributed by atoms with E-state index in [1.165, 1.54) is 30.0 Å². The Bertz CT molecular complexity index is 877. The Morgan fingerprint density at radius 3 is 2.44 bits per heavy atom. The standard InChI is InChI=1S/C17H11Cl2FN2O2S/c18-12-6-5-11(7-13(12)19)21-15(23)14-8-25-16(22(14)17(21)24)9-1-3-10(20)4-2-9/h1-7,14,16H,8H2/t14-,16-/m1/s1. The zero-order valence-corrected chi connectivity index (χ0v) is 15.0. The number of fused-ring (bicyclic) bond motifs is 1. The summed E-state index contributed by atoms with van der Waals surface area (Å²) >= 11 is 13.4. The van der Waals surface area contributed by atoms with Crippen molar-refractivity contribution in [3.8, 4) is 0 Å². The van der Waals surface area contributed by atoms with Gasteiger partial charge < -0.3 is 0 Å². The fraction of sp³-hybridized carbons (Fsp3) is 0.176. The maximum absolute atomic E-state index is 13.2. The normalized spacial score (nSPS) is 22.7. The van der Waals surface area contributed by atoms with Gasteiger partial charge in [0.15, 0.2) is 0 Å². The molecule has 2 aliphatic heterocycles. The highest BCUT2D eigenvalue weighted by Gasteiger charge is 2.53. The van der Waals surface area contributed by atoms with Crippen LogP contribution in [0.5, 0.6) is 0 Å². The molecular formula is C17H11Cl2FN2O2S. The number of imide groups is 1. The van der Waals surface area contributed by atoms with Gasteiger partial charge in [0.05, 0.1) is 15.7 Å². The first-order valence-corrected chi connectivity index (χ1v) is 9.26. The molecule has 2 heterocycles. The van der Waals surface area contributed by atoms with E-state index >= 15 is 0 Å². The third kappa shape index (κ3) is 2.69. The summed E-state index contributed by atoms with van der Waals surface area (Å²) < 4.78 is 13.2. The number of hydrogen-bond donors (Lipinski definition) is 0. The Labute approximate surface area is 157 Å². The molecule has 25 heavy (non-hydrogen) atoms. The summed E-state index contributed by atoms with van der Waals surface area (Å²) in [7, 11) is 0. The fourth-order valence-electron chi connectivity index (χ4n) is 3.04. The number of rotatable bonds is 2. The number of halogens is 3. The number of amides is 3. The molecule has 2 aromatic rings. The van der Waals surface area contributed by atoms with Crippen LogP contribution in [0.3, 0.4) is 0 Å². The lowest BCUT2D eigenvalue weighted by atomic mass is 10.2. The monoisotopic (exact) mass is 396 g/mol. The van der Waals surface area contributed by atoms with Gasteiger partial charge in [-0.2, -0.15) is 0 Å². The number of anilines is 1. The van der Waals surface area contributed by atoms with Gasteiger partial charge in [-0.3, -0.25) is 9.69 Å². The minimum absolute atomic E-state index is 0.274. The quantitative estimate of drug-likeness (QED) is 0.689. The lowest BCUT2D eigenvalue weighted by Gasteiger charge is -2.23. The van der Waals surface area contributed by atoms with Gasteiger partial charge in [0.2, 0.25) is 0 Å². The summed E-state index contributed by atoms with van der Waals surface area (Å²) in [6, 6.07) is 9.66. The summed E-state index contributed by atoms with van der Waals surface area (Å²) in [6.45, 7) is 0. The third-order valence-corrected chi connectivity index (χ3v) is 6.30. The van der Waals surface area contributed by atoms with E-state index in [9.17, 15) is 14.0 Å². The first-order valence-electron chi connectivity index (χ1n) is 7.46. The molecule has 2 aliphatic rings. The molecule has 4 nitrogen and oxygen atoms in total. The van der Waals surface area contributed by atoms with E-state index in [-0.39, 0.29) is 22.1 Å². The molecule has 8 heteroatoms. The van der Waals surface area contributed by atoms with Crippen molar-refractivity contribution in [2.24, 2.45) is 0 Å². The van der Waals surface area contributed by atoms with Crippen LogP contribution in [0.15, 0.2) is 42.5 Å². The lowest BCUT2D eigenvalue weighted by Crippen LogP contribution is -2.33. The SMILES string of the molecule is O=C1[C@H]2CS[C@H](c3ccc(F)cc3)N2C(=O)N1c1ccc(Cl)c(Cl)c1. The second-order valence-electron chi connectivity index (χ2n) is 5.71. The van der Waals surface area contributed by atoms with Crippen LogP contribution in [0.25, 0.3) is 0 Å². The maximum atomic E-state index is 13.2. The van der Waals surface area contributed by atoms with Crippen molar-refractivity contribution in [3.05, 3.63) is 63.9 Å². The van der Waals surface area contributed by atoms with E-state index in [1.807, 2.05) is 0 Å². The third-order valence-electron chi connectivity index (χ3n) is 4.23. The van der Waals surface area contributed by atoms with Crippen molar-refractivity contribution in [2.45, 2.75) is 11.4 Å². The van der Waals surface area contributed by atoms with Crippen LogP contribution in [0.2, 0.25) is 10.0 Å². The van der Waals surface area contributed by atoms with Crippen LogP contribution in [0.4, 0.5) is 14.9 Å². The molecule has 2 atom stereocenters. The summed E-state index contributed by atoms with van der Waals surface area (Å²) in [4.78, 5) is 28.3. The van der Waals surface area contributed by atoms with Gasteiger partial charge in [-0.1, -0.05) is 35.3 Å². The van der Waals surface area contributed by atoms with E-state index in [1.54, 1.807) is 29.2 Å². The van der Waals surface area contributed by atoms with Crippen LogP contribution in [0.1, 0.15) is 10.9 Å². The molecule has 3 amide bonds. The summed E-state index contributed by atoms with van der Waals surface area (Å²) in [5, 5.41) is 0.302. The molecular weight excluding hydrogens is 386 g/mol. The average molecular weight is 397 g/mol. The Balaban J connectivity index is 1.68. The highest BCUT2D eigenvalue weighted by Crippen LogP contribution is 2.46. The maximum Gasteiger partial charge on any atom is 0.333 e. The van der Waals surface area contributed by atoms with Crippen LogP contribution < -0.4 is 4.90 Å². The summed E-state index contributed by atoms with van der Waals surface area (Å²) in [5.41, 5.74) is 1.17. The van der Waals surface area contributed by atoms with Gasteiger partial charge in [-0.15, -0.1) is 11.8 Å². The largest absolute Gasteiger partial charge is 0.333 e. The molecule has 2 saturated heterocycles. The van der Waals surface area contributed by atoms with E-state index in [2.05, 4.69) is 0 Å². The fourth-order valence-corrected chi connectivity index (χ4v) is 4.74. The van der Waals surface area contributed by atoms with Crippen molar-refractivity contribution in [2.75, 3.05) is 10.7 Å². The zero-order valence-electron chi connectivity index (χ0n) is 12.7. The van der Waals surface area contributed by atoms with Crippen molar-refractivity contribution < 1.29 is 14.0 Å². The molecule has 4 rings (SSSR count). The second kappa shape index (κ2) is 6.20. The van der Waals surface area contributed by atoms with Gasteiger partial charge in [-0.05, 0) is 35.9 Å². The minimum atomic E-state index is -0.540. The van der Waals surface area contributed by atoms with Crippen LogP contribution in [0, 0.1) is 5.82 Å². The predicted molar refractivity (Wildman–Crippen MR) is 96.6 cm³/mol. The Kier molecular flexibility index (Phi) is 4.14. The Morgan fingerprint density at radius 2 is 1.76 bits per heavy atom. The molecule has 2 aromatic carbocycles. The highest BCUT2D eigenvalue weighted by atomic mass is 35.5. The number of hydrogen-bond acceptors (Lipinski definition) is 3. The highest BCUT2D eigenvalue weighted by molar-refractivity contribution is 7.99. The number of thioether (sulfide) groups is 1. The van der Waals surface area contributed by atoms with E-state index in [0.717, 1.165) is 10.5 Å². The van der Waals surface area contributed by atoms with Gasteiger partial charge in [0, 0.05) is 5.75 Å². The molecule has 0 bridgehead atoms. The predicted octanol–water partition coefficient (Wildman–Crippen LogP) is 4.72. The molecule has 0 radical (unpaired) electrons. The lowest BCUT2D eigenvalue weighted by molar-refractivity contribution is -0.119. The molecule has 0 unspecified atom stereocenters. The van der Waals surface area contributed by atoms with E-state index < -0.39 is 12.1 Å². The van der Waals surface area contributed by atoms with Gasteiger partial charge in [0.25, 0.3) is 5.91 Å². The topological polar surface area (TPSA) is 40.6 Å². The number of carbonyl (C=O) groups is 2. The molecule has 0 N–H and O–H groups in total. The number of nitrogens with zero attached hydrogens (tertiary/aromatic N) is 2. The van der Waals surface area contributed by atoms with Gasteiger partial charge in [-0.25, -0.2) is 14.1 Å². The Morgan fingerprint density at radius 1 is 1.04 bits per heavy atom. The smallest absolute Gasteiger partial charge is 0.295 e. The number of urea groups is 1. The van der Waals surface area contributed by atoms with Crippen molar-refractivity contribution >= 4 is 52.6 Å². The molecule has 128 valence electrons. The summed E-state index contributed by atoms with van der Waals surface area (Å²) in [6.07, 6.45) is 0. The van der Waals surface area contributed by atoms with Crippen molar-refractivity contribution in [1.82, 2.24) is 4.90 Å². The van der Waals surface area contributed by atoms with Gasteiger partial charge >= 0.3 is 6.03 Å². The number of benzene rings is 2. The average Bonchev–Trinajstić information content (AvgIpc) is 3.12. The first-order chi connectivity index (χ1) is 12.0. The minimum Gasteiger partial charge on any atom is -0.295 e.